The Kier molecular flexibility index (Phi) is 71.3. The van der Waals surface area contributed by atoms with E-state index >= 15 is 0 Å². The van der Waals surface area contributed by atoms with Crippen molar-refractivity contribution < 1.29 is 24.5 Å². The standard InChI is InChI=1S/C76H151NO5/c1-3-5-7-9-11-13-15-17-19-21-33-37-40-44-48-52-56-60-64-68-74(79)73(72-78)77-75(80)69-65-61-57-53-49-45-41-38-34-31-29-27-25-23-22-24-26-28-30-32-35-39-43-47-51-55-59-63-67-71-82-76(81)70-66-62-58-54-50-46-42-36-20-18-16-14-12-10-8-6-4-2/h73-74,78-79H,3-72H2,1-2H3,(H,77,80). The van der Waals surface area contributed by atoms with Gasteiger partial charge in [-0.25, -0.2) is 0 Å². The molecule has 2 atom stereocenters. The zero-order valence-electron chi connectivity index (χ0n) is 56.3. The third kappa shape index (κ3) is 68.0. The van der Waals surface area contributed by atoms with Crippen LogP contribution < -0.4 is 5.32 Å². The van der Waals surface area contributed by atoms with Gasteiger partial charge in [0.1, 0.15) is 0 Å². The minimum atomic E-state index is -0.661. The van der Waals surface area contributed by atoms with Gasteiger partial charge in [-0.15, -0.1) is 0 Å². The predicted molar refractivity (Wildman–Crippen MR) is 361 cm³/mol. The van der Waals surface area contributed by atoms with E-state index < -0.39 is 12.1 Å². The molecule has 0 rings (SSSR count). The van der Waals surface area contributed by atoms with Crippen LogP contribution in [0.3, 0.4) is 0 Å². The fourth-order valence-electron chi connectivity index (χ4n) is 12.6. The number of unbranched alkanes of at least 4 members (excludes halogenated alkanes) is 62. The highest BCUT2D eigenvalue weighted by atomic mass is 16.5. The molecule has 1 amide bonds. The number of ether oxygens (including phenoxy) is 1. The summed E-state index contributed by atoms with van der Waals surface area (Å²) in [6.45, 7) is 5.02. The lowest BCUT2D eigenvalue weighted by molar-refractivity contribution is -0.143. The van der Waals surface area contributed by atoms with E-state index in [0.29, 0.717) is 25.9 Å². The normalized spacial score (nSPS) is 12.4. The molecule has 0 aromatic rings. The number of carbonyl (C=O) groups excluding carboxylic acids is 2. The van der Waals surface area contributed by atoms with Crippen LogP contribution >= 0.6 is 0 Å². The fraction of sp³-hybridized carbons (Fsp3) is 0.974. The van der Waals surface area contributed by atoms with E-state index in [9.17, 15) is 19.8 Å². The number of esters is 1. The maximum absolute atomic E-state index is 12.5. The molecule has 0 aromatic heterocycles. The lowest BCUT2D eigenvalue weighted by Crippen LogP contribution is -2.45. The summed E-state index contributed by atoms with van der Waals surface area (Å²) in [6.07, 6.45) is 88.9. The summed E-state index contributed by atoms with van der Waals surface area (Å²) in [4.78, 5) is 24.7. The summed E-state index contributed by atoms with van der Waals surface area (Å²) in [6, 6.07) is -0.538. The molecule has 0 aromatic carbocycles. The van der Waals surface area contributed by atoms with Gasteiger partial charge in [-0.1, -0.05) is 412 Å². The van der Waals surface area contributed by atoms with Crippen molar-refractivity contribution in [3.63, 3.8) is 0 Å². The summed E-state index contributed by atoms with van der Waals surface area (Å²) in [5.74, 6) is -0.000975. The summed E-state index contributed by atoms with van der Waals surface area (Å²) < 4.78 is 5.51. The van der Waals surface area contributed by atoms with Crippen molar-refractivity contribution in [2.45, 2.75) is 463 Å². The largest absolute Gasteiger partial charge is 0.466 e. The van der Waals surface area contributed by atoms with Crippen molar-refractivity contribution in [3.05, 3.63) is 0 Å². The lowest BCUT2D eigenvalue weighted by Gasteiger charge is -2.22. The molecule has 490 valence electrons. The van der Waals surface area contributed by atoms with Gasteiger partial charge >= 0.3 is 5.97 Å². The van der Waals surface area contributed by atoms with Crippen molar-refractivity contribution in [3.8, 4) is 0 Å². The highest BCUT2D eigenvalue weighted by molar-refractivity contribution is 5.76. The number of aliphatic hydroxyl groups excluding tert-OH is 2. The average molecular weight is 1160 g/mol. The van der Waals surface area contributed by atoms with Crippen LogP contribution in [-0.4, -0.2) is 47.4 Å². The van der Waals surface area contributed by atoms with Gasteiger partial charge in [0, 0.05) is 12.8 Å². The van der Waals surface area contributed by atoms with Crippen LogP contribution in [0.15, 0.2) is 0 Å². The molecule has 0 spiro atoms. The molecule has 0 radical (unpaired) electrons. The molecule has 0 fully saturated rings. The Bertz CT molecular complexity index is 1200. The molecule has 0 saturated heterocycles. The predicted octanol–water partition coefficient (Wildman–Crippen LogP) is 24.9. The molecule has 0 aliphatic heterocycles. The van der Waals surface area contributed by atoms with Crippen LogP contribution in [0.2, 0.25) is 0 Å². The zero-order valence-corrected chi connectivity index (χ0v) is 56.3. The Balaban J connectivity index is 3.32. The van der Waals surface area contributed by atoms with E-state index in [4.69, 9.17) is 4.74 Å². The van der Waals surface area contributed by atoms with Crippen LogP contribution in [0.1, 0.15) is 450 Å². The molecule has 0 bridgehead atoms. The van der Waals surface area contributed by atoms with Gasteiger partial charge in [-0.2, -0.15) is 0 Å². The lowest BCUT2D eigenvalue weighted by atomic mass is 10.0. The van der Waals surface area contributed by atoms with Crippen molar-refractivity contribution in [1.29, 1.82) is 0 Å². The summed E-state index contributed by atoms with van der Waals surface area (Å²) in [7, 11) is 0. The molecule has 6 heteroatoms. The van der Waals surface area contributed by atoms with Crippen molar-refractivity contribution in [1.82, 2.24) is 5.32 Å². The van der Waals surface area contributed by atoms with E-state index in [1.165, 1.54) is 379 Å². The Morgan fingerprint density at radius 1 is 0.293 bits per heavy atom. The third-order valence-electron chi connectivity index (χ3n) is 18.4. The van der Waals surface area contributed by atoms with Crippen LogP contribution in [0.5, 0.6) is 0 Å². The molecule has 0 saturated carbocycles. The number of rotatable bonds is 73. The first kappa shape index (κ1) is 80.9. The minimum Gasteiger partial charge on any atom is -0.466 e. The molecule has 2 unspecified atom stereocenters. The Labute approximate surface area is 515 Å². The van der Waals surface area contributed by atoms with Gasteiger partial charge in [0.15, 0.2) is 0 Å². The highest BCUT2D eigenvalue weighted by Gasteiger charge is 2.20. The van der Waals surface area contributed by atoms with Crippen LogP contribution in [0.4, 0.5) is 0 Å². The molecule has 3 N–H and O–H groups in total. The maximum Gasteiger partial charge on any atom is 0.305 e. The summed E-state index contributed by atoms with van der Waals surface area (Å²) in [5, 5.41) is 23.4. The summed E-state index contributed by atoms with van der Waals surface area (Å²) in [5.41, 5.74) is 0. The van der Waals surface area contributed by atoms with Crippen LogP contribution in [0.25, 0.3) is 0 Å². The van der Waals surface area contributed by atoms with E-state index in [2.05, 4.69) is 19.2 Å². The van der Waals surface area contributed by atoms with Crippen molar-refractivity contribution in [2.24, 2.45) is 0 Å². The smallest absolute Gasteiger partial charge is 0.305 e. The number of carbonyl (C=O) groups is 2. The van der Waals surface area contributed by atoms with E-state index in [1.807, 2.05) is 0 Å². The van der Waals surface area contributed by atoms with E-state index in [0.717, 1.165) is 38.5 Å². The molecular formula is C76H151NO5. The molecule has 0 aliphatic carbocycles. The average Bonchev–Trinajstić information content (AvgIpc) is 3.48. The monoisotopic (exact) mass is 1160 g/mol. The fourth-order valence-corrected chi connectivity index (χ4v) is 12.6. The first-order valence-electron chi connectivity index (χ1n) is 38.3. The Morgan fingerprint density at radius 3 is 0.744 bits per heavy atom. The van der Waals surface area contributed by atoms with Gasteiger partial charge in [-0.3, -0.25) is 9.59 Å². The van der Waals surface area contributed by atoms with Gasteiger partial charge in [0.25, 0.3) is 0 Å². The van der Waals surface area contributed by atoms with Crippen molar-refractivity contribution in [2.75, 3.05) is 13.2 Å². The second-order valence-corrected chi connectivity index (χ2v) is 26.7. The van der Waals surface area contributed by atoms with Gasteiger partial charge in [0.05, 0.1) is 25.4 Å². The number of nitrogens with one attached hydrogen (secondary N) is 1. The van der Waals surface area contributed by atoms with Crippen LogP contribution in [-0.2, 0) is 14.3 Å². The minimum absolute atomic E-state index is 0.0250. The van der Waals surface area contributed by atoms with Crippen LogP contribution in [0, 0.1) is 0 Å². The highest BCUT2D eigenvalue weighted by Crippen LogP contribution is 2.20. The molecule has 0 aliphatic rings. The number of aliphatic hydroxyl groups is 2. The van der Waals surface area contributed by atoms with Gasteiger partial charge in [-0.05, 0) is 25.7 Å². The number of hydrogen-bond acceptors (Lipinski definition) is 5. The topological polar surface area (TPSA) is 95.9 Å². The van der Waals surface area contributed by atoms with Gasteiger partial charge < -0.3 is 20.3 Å². The summed E-state index contributed by atoms with van der Waals surface area (Å²) >= 11 is 0. The second-order valence-electron chi connectivity index (χ2n) is 26.7. The third-order valence-corrected chi connectivity index (χ3v) is 18.4. The Morgan fingerprint density at radius 2 is 0.500 bits per heavy atom. The van der Waals surface area contributed by atoms with Gasteiger partial charge in [0.2, 0.25) is 5.91 Å². The molecular weight excluding hydrogens is 1010 g/mol. The number of amides is 1. The first-order chi connectivity index (χ1) is 40.5. The van der Waals surface area contributed by atoms with E-state index in [-0.39, 0.29) is 18.5 Å². The zero-order chi connectivity index (χ0) is 59.2. The van der Waals surface area contributed by atoms with Crippen molar-refractivity contribution >= 4 is 11.9 Å². The van der Waals surface area contributed by atoms with E-state index in [1.54, 1.807) is 0 Å². The first-order valence-corrected chi connectivity index (χ1v) is 38.3. The molecule has 0 heterocycles. The second kappa shape index (κ2) is 72.3. The Hall–Kier alpha value is -1.14. The molecule has 82 heavy (non-hydrogen) atoms. The quantitative estimate of drug-likeness (QED) is 0.0417. The number of hydrogen-bond donors (Lipinski definition) is 3. The molecule has 6 nitrogen and oxygen atoms in total. The SMILES string of the molecule is CCCCCCCCCCCCCCCCCCCCCC(O)C(CO)NC(=O)CCCCCCCCCCCCCCCCCCCCCCCCCCCCCCCOC(=O)CCCCCCCCCCCCCCCCCCC. The maximum atomic E-state index is 12.5.